The summed E-state index contributed by atoms with van der Waals surface area (Å²) < 4.78 is 10.6. The van der Waals surface area contributed by atoms with Crippen LogP contribution in [0.5, 0.6) is 11.5 Å². The number of benzene rings is 2. The molecule has 4 rings (SSSR count). The van der Waals surface area contributed by atoms with E-state index in [2.05, 4.69) is 20.6 Å². The van der Waals surface area contributed by atoms with Gasteiger partial charge in [0.25, 0.3) is 5.91 Å². The average molecular weight is 391 g/mol. The Labute approximate surface area is 168 Å². The standard InChI is InChI=1S/C21H21N5O3/c1-13-10-17(20(27)23-15-6-9-18-19(11-15)29-12-28-18)25-21(22-13)24-14-4-7-16(8-5-14)26(2)3/h4-11H,12H2,1-3H3,(H,23,27)(H,22,24,25). The largest absolute Gasteiger partial charge is 0.454 e. The first kappa shape index (κ1) is 18.5. The second-order valence-electron chi connectivity index (χ2n) is 6.81. The predicted molar refractivity (Wildman–Crippen MR) is 111 cm³/mol. The minimum Gasteiger partial charge on any atom is -0.454 e. The van der Waals surface area contributed by atoms with Crippen molar-refractivity contribution in [3.8, 4) is 11.5 Å². The third kappa shape index (κ3) is 4.21. The van der Waals surface area contributed by atoms with Crippen molar-refractivity contribution in [1.82, 2.24) is 9.97 Å². The van der Waals surface area contributed by atoms with Crippen molar-refractivity contribution in [2.45, 2.75) is 6.92 Å². The molecular weight excluding hydrogens is 370 g/mol. The Morgan fingerprint density at radius 1 is 0.966 bits per heavy atom. The summed E-state index contributed by atoms with van der Waals surface area (Å²) in [5, 5.41) is 5.97. The molecule has 1 aromatic heterocycles. The first-order chi connectivity index (χ1) is 14.0. The van der Waals surface area contributed by atoms with Crippen molar-refractivity contribution in [1.29, 1.82) is 0 Å². The van der Waals surface area contributed by atoms with Gasteiger partial charge in [0.1, 0.15) is 5.69 Å². The number of ether oxygens (including phenoxy) is 2. The van der Waals surface area contributed by atoms with Gasteiger partial charge in [-0.15, -0.1) is 0 Å². The molecule has 0 saturated heterocycles. The number of nitrogens with zero attached hydrogens (tertiary/aromatic N) is 3. The van der Waals surface area contributed by atoms with Crippen LogP contribution in [0.15, 0.2) is 48.5 Å². The summed E-state index contributed by atoms with van der Waals surface area (Å²) in [6.45, 7) is 2.00. The molecule has 1 amide bonds. The van der Waals surface area contributed by atoms with E-state index in [0.717, 1.165) is 11.4 Å². The van der Waals surface area contributed by atoms with E-state index < -0.39 is 0 Å². The Bertz CT molecular complexity index is 1050. The highest BCUT2D eigenvalue weighted by atomic mass is 16.7. The monoisotopic (exact) mass is 391 g/mol. The quantitative estimate of drug-likeness (QED) is 0.687. The van der Waals surface area contributed by atoms with Gasteiger partial charge in [0.15, 0.2) is 11.5 Å². The average Bonchev–Trinajstić information content (AvgIpc) is 3.16. The molecule has 0 aliphatic carbocycles. The first-order valence-electron chi connectivity index (χ1n) is 9.09. The number of carbonyl (C=O) groups is 1. The zero-order chi connectivity index (χ0) is 20.4. The third-order valence-electron chi connectivity index (χ3n) is 4.36. The lowest BCUT2D eigenvalue weighted by molar-refractivity contribution is 0.102. The molecule has 29 heavy (non-hydrogen) atoms. The Kier molecular flexibility index (Phi) is 4.90. The van der Waals surface area contributed by atoms with E-state index in [-0.39, 0.29) is 18.4 Å². The number of carbonyl (C=O) groups excluding carboxylic acids is 1. The van der Waals surface area contributed by atoms with Gasteiger partial charge < -0.3 is 25.0 Å². The highest BCUT2D eigenvalue weighted by Gasteiger charge is 2.16. The summed E-state index contributed by atoms with van der Waals surface area (Å²) in [6, 6.07) is 14.7. The molecule has 0 atom stereocenters. The number of hydrogen-bond acceptors (Lipinski definition) is 7. The molecule has 1 aliphatic rings. The number of amides is 1. The molecule has 2 N–H and O–H groups in total. The van der Waals surface area contributed by atoms with E-state index >= 15 is 0 Å². The van der Waals surface area contributed by atoms with Crippen LogP contribution in [-0.4, -0.2) is 36.8 Å². The van der Waals surface area contributed by atoms with Gasteiger partial charge in [0.2, 0.25) is 12.7 Å². The summed E-state index contributed by atoms with van der Waals surface area (Å²) >= 11 is 0. The van der Waals surface area contributed by atoms with Crippen LogP contribution >= 0.6 is 0 Å². The zero-order valence-electron chi connectivity index (χ0n) is 16.4. The smallest absolute Gasteiger partial charge is 0.274 e. The summed E-state index contributed by atoms with van der Waals surface area (Å²) in [5.41, 5.74) is 3.47. The van der Waals surface area contributed by atoms with Crippen LogP contribution in [0.2, 0.25) is 0 Å². The maximum atomic E-state index is 12.7. The number of anilines is 4. The Hall–Kier alpha value is -3.81. The molecule has 2 aromatic carbocycles. The van der Waals surface area contributed by atoms with Gasteiger partial charge in [0.05, 0.1) is 0 Å². The lowest BCUT2D eigenvalue weighted by Crippen LogP contribution is -2.15. The van der Waals surface area contributed by atoms with Gasteiger partial charge in [0, 0.05) is 42.9 Å². The second kappa shape index (κ2) is 7.67. The van der Waals surface area contributed by atoms with E-state index in [0.29, 0.717) is 28.8 Å². The SMILES string of the molecule is Cc1cc(C(=O)Nc2ccc3c(c2)OCO3)nc(Nc2ccc(N(C)C)cc2)n1. The zero-order valence-corrected chi connectivity index (χ0v) is 16.4. The molecule has 0 spiro atoms. The molecule has 148 valence electrons. The van der Waals surface area contributed by atoms with Crippen molar-refractivity contribution in [3.05, 3.63) is 59.9 Å². The molecule has 0 fully saturated rings. The van der Waals surface area contributed by atoms with Crippen molar-refractivity contribution >= 4 is 28.9 Å². The van der Waals surface area contributed by atoms with Crippen LogP contribution in [0.3, 0.4) is 0 Å². The van der Waals surface area contributed by atoms with E-state index in [4.69, 9.17) is 9.47 Å². The fourth-order valence-electron chi connectivity index (χ4n) is 2.88. The lowest BCUT2D eigenvalue weighted by atomic mass is 10.2. The van der Waals surface area contributed by atoms with Crippen LogP contribution in [0, 0.1) is 6.92 Å². The molecule has 8 heteroatoms. The lowest BCUT2D eigenvalue weighted by Gasteiger charge is -2.13. The first-order valence-corrected chi connectivity index (χ1v) is 9.09. The Morgan fingerprint density at radius 2 is 1.69 bits per heavy atom. The van der Waals surface area contributed by atoms with Crippen LogP contribution < -0.4 is 25.0 Å². The van der Waals surface area contributed by atoms with Crippen LogP contribution in [0.4, 0.5) is 23.0 Å². The number of hydrogen-bond donors (Lipinski definition) is 2. The molecule has 0 radical (unpaired) electrons. The molecule has 1 aliphatic heterocycles. The third-order valence-corrected chi connectivity index (χ3v) is 4.36. The molecule has 8 nitrogen and oxygen atoms in total. The van der Waals surface area contributed by atoms with Gasteiger partial charge in [-0.1, -0.05) is 0 Å². The maximum Gasteiger partial charge on any atom is 0.274 e. The Balaban J connectivity index is 1.50. The minimum absolute atomic E-state index is 0.183. The highest BCUT2D eigenvalue weighted by Crippen LogP contribution is 2.34. The van der Waals surface area contributed by atoms with Crippen LogP contribution in [0.1, 0.15) is 16.2 Å². The highest BCUT2D eigenvalue weighted by molar-refractivity contribution is 6.03. The van der Waals surface area contributed by atoms with E-state index in [1.807, 2.05) is 50.2 Å². The van der Waals surface area contributed by atoms with Gasteiger partial charge in [-0.25, -0.2) is 9.97 Å². The predicted octanol–water partition coefficient (Wildman–Crippen LogP) is 3.58. The van der Waals surface area contributed by atoms with Crippen molar-refractivity contribution in [2.75, 3.05) is 36.4 Å². The molecule has 3 aromatic rings. The van der Waals surface area contributed by atoms with E-state index in [1.54, 1.807) is 24.3 Å². The van der Waals surface area contributed by atoms with Crippen LogP contribution in [-0.2, 0) is 0 Å². The molecule has 0 bridgehead atoms. The number of aryl methyl sites for hydroxylation is 1. The van der Waals surface area contributed by atoms with Crippen molar-refractivity contribution in [3.63, 3.8) is 0 Å². The van der Waals surface area contributed by atoms with Gasteiger partial charge in [-0.3, -0.25) is 4.79 Å². The number of nitrogens with one attached hydrogen (secondary N) is 2. The van der Waals surface area contributed by atoms with E-state index in [9.17, 15) is 4.79 Å². The topological polar surface area (TPSA) is 88.6 Å². The fraction of sp³-hybridized carbons (Fsp3) is 0.190. The van der Waals surface area contributed by atoms with Crippen LogP contribution in [0.25, 0.3) is 0 Å². The second-order valence-corrected chi connectivity index (χ2v) is 6.81. The summed E-state index contributed by atoms with van der Waals surface area (Å²) in [7, 11) is 3.97. The number of aromatic nitrogens is 2. The number of fused-ring (bicyclic) bond motifs is 1. The molecule has 0 unspecified atom stereocenters. The normalized spacial score (nSPS) is 11.8. The van der Waals surface area contributed by atoms with Gasteiger partial charge in [-0.05, 0) is 49.4 Å². The molecular formula is C21H21N5O3. The summed E-state index contributed by atoms with van der Waals surface area (Å²) in [6.07, 6.45) is 0. The fourth-order valence-corrected chi connectivity index (χ4v) is 2.88. The Morgan fingerprint density at radius 3 is 2.45 bits per heavy atom. The van der Waals surface area contributed by atoms with Gasteiger partial charge in [-0.2, -0.15) is 0 Å². The molecule has 2 heterocycles. The van der Waals surface area contributed by atoms with Gasteiger partial charge >= 0.3 is 0 Å². The minimum atomic E-state index is -0.333. The summed E-state index contributed by atoms with van der Waals surface area (Å²) in [5.74, 6) is 1.29. The van der Waals surface area contributed by atoms with Crippen molar-refractivity contribution < 1.29 is 14.3 Å². The summed E-state index contributed by atoms with van der Waals surface area (Å²) in [4.78, 5) is 23.4. The molecule has 0 saturated carbocycles. The number of rotatable bonds is 5. The maximum absolute atomic E-state index is 12.7. The van der Waals surface area contributed by atoms with E-state index in [1.165, 1.54) is 0 Å². The van der Waals surface area contributed by atoms with Crippen molar-refractivity contribution in [2.24, 2.45) is 0 Å².